The number of halogens is 3. The molecule has 5 heavy (non-hydrogen) atoms. The molecule has 0 aliphatic rings. The summed E-state index contributed by atoms with van der Waals surface area (Å²) in [6, 6.07) is 0. The van der Waals surface area contributed by atoms with E-state index in [1.165, 1.54) is 0 Å². The molecule has 26 valence electrons. The minimum atomic E-state index is -1.72. The molecule has 0 aromatic carbocycles. The van der Waals surface area contributed by atoms with E-state index < -0.39 is 11.4 Å². The van der Waals surface area contributed by atoms with Crippen molar-refractivity contribution in [1.29, 1.82) is 0 Å². The number of hydrogen-bond donors (Lipinski definition) is 0. The topological polar surface area (TPSA) is 0 Å². The molecule has 0 aliphatic heterocycles. The normalized spacial score (nSPS) is 5.40. The van der Waals surface area contributed by atoms with Crippen LogP contribution in [0.25, 0.3) is 0 Å². The Morgan fingerprint density at radius 1 is 1.00 bits per heavy atom. The predicted octanol–water partition coefficient (Wildman–Crippen LogP) is 1.04. The van der Waals surface area contributed by atoms with Crippen molar-refractivity contribution >= 4 is 71.1 Å². The van der Waals surface area contributed by atoms with Gasteiger partial charge in [-0.2, -0.15) is 0 Å². The van der Waals surface area contributed by atoms with Crippen LogP contribution in [-0.4, -0.2) is 40.9 Å². The molecule has 0 saturated heterocycles. The Hall–Kier alpha value is 2.40. The van der Waals surface area contributed by atoms with E-state index in [-0.39, 0.29) is 29.6 Å². The molecule has 0 atom stereocenters. The fourth-order valence-corrected chi connectivity index (χ4v) is 0. The molecule has 0 bridgehead atoms. The minimum absolute atomic E-state index is 0. The summed E-state index contributed by atoms with van der Waals surface area (Å²) in [5.74, 6) is 0. The number of rotatable bonds is 0. The van der Waals surface area contributed by atoms with Crippen molar-refractivity contribution in [1.82, 2.24) is 0 Å². The van der Waals surface area contributed by atoms with Crippen molar-refractivity contribution < 1.29 is 0 Å². The van der Waals surface area contributed by atoms with Crippen LogP contribution in [-0.2, 0) is 0 Å². The predicted molar refractivity (Wildman–Crippen MR) is 30.5 cm³/mol. The Balaban J connectivity index is 0. The molecule has 0 heterocycles. The monoisotopic (exact) mass is 156 g/mol. The van der Waals surface area contributed by atoms with Crippen molar-refractivity contribution in [3.63, 3.8) is 0 Å². The summed E-state index contributed by atoms with van der Waals surface area (Å²) in [5.41, 5.74) is 0. The van der Waals surface area contributed by atoms with Crippen LogP contribution in [0.5, 0.6) is 0 Å². The van der Waals surface area contributed by atoms with Gasteiger partial charge in [-0.05, 0) is 0 Å². The molecule has 0 fully saturated rings. The van der Waals surface area contributed by atoms with Crippen LogP contribution in [0.2, 0.25) is 0 Å². The third kappa shape index (κ3) is 21.5. The molecule has 0 amide bonds. The van der Waals surface area contributed by atoms with Crippen molar-refractivity contribution in [3.8, 4) is 0 Å². The van der Waals surface area contributed by atoms with Crippen LogP contribution in [0.3, 0.4) is 0 Å². The van der Waals surface area contributed by atoms with Gasteiger partial charge in [0, 0.05) is 0 Å². The Morgan fingerprint density at radius 2 is 1.00 bits per heavy atom. The van der Waals surface area contributed by atoms with Crippen LogP contribution >= 0.6 is 30.1 Å². The van der Waals surface area contributed by atoms with E-state index in [9.17, 15) is 0 Å². The van der Waals surface area contributed by atoms with Crippen LogP contribution < -0.4 is 0 Å². The second-order valence-corrected chi connectivity index (χ2v) is 6.68. The average Bonchev–Trinajstić information content (AvgIpc) is 0.811. The summed E-state index contributed by atoms with van der Waals surface area (Å²) >= 11 is -1.72. The molecule has 0 nitrogen and oxygen atoms in total. The third-order valence-electron chi connectivity index (χ3n) is 0. The molecule has 0 N–H and O–H groups in total. The summed E-state index contributed by atoms with van der Waals surface area (Å²) in [6.07, 6.45) is 0. The summed E-state index contributed by atoms with van der Waals surface area (Å²) < 4.78 is 0. The quantitative estimate of drug-likeness (QED) is 0.461. The first kappa shape index (κ1) is 10.4. The van der Waals surface area contributed by atoms with Gasteiger partial charge >= 0.3 is 40.9 Å². The van der Waals surface area contributed by atoms with E-state index in [0.717, 1.165) is 0 Å². The van der Waals surface area contributed by atoms with Crippen molar-refractivity contribution in [3.05, 3.63) is 0 Å². The molecule has 5 heteroatoms. The molecule has 0 aromatic rings. The fraction of sp³-hybridized carbons (Fsp3) is 0. The maximum absolute atomic E-state index is 4.94. The zero-order valence-electron chi connectivity index (χ0n) is 1.71. The van der Waals surface area contributed by atoms with Crippen molar-refractivity contribution in [2.45, 2.75) is 0 Å². The van der Waals surface area contributed by atoms with Crippen LogP contribution in [0.4, 0.5) is 0 Å². The second kappa shape index (κ2) is 6.40. The molecular weight excluding hydrogens is 156 g/mol. The molecule has 0 spiro atoms. The van der Waals surface area contributed by atoms with Gasteiger partial charge < -0.3 is 0 Å². The number of hydrogen-bond acceptors (Lipinski definition) is 0. The molecular formula is HAlCl3Na. The van der Waals surface area contributed by atoms with Gasteiger partial charge in [-0.25, -0.2) is 30.1 Å². The van der Waals surface area contributed by atoms with E-state index in [0.29, 0.717) is 0 Å². The Bertz CT molecular complexity index is 11.6. The first-order valence-corrected chi connectivity index (χ1v) is 5.89. The second-order valence-electron chi connectivity index (χ2n) is 0.247. The van der Waals surface area contributed by atoms with E-state index in [1.807, 2.05) is 0 Å². The standard InChI is InChI=1S/Al.3ClH.Na.H/h;3*1H;;/q+3;;;;;/p-3. The zero-order chi connectivity index (χ0) is 3.58. The first-order valence-electron chi connectivity index (χ1n) is 0.655. The van der Waals surface area contributed by atoms with Crippen LogP contribution in [0.15, 0.2) is 0 Å². The third-order valence-corrected chi connectivity index (χ3v) is 0. The van der Waals surface area contributed by atoms with Crippen molar-refractivity contribution in [2.75, 3.05) is 0 Å². The van der Waals surface area contributed by atoms with Gasteiger partial charge in [0.25, 0.3) is 0 Å². The summed E-state index contributed by atoms with van der Waals surface area (Å²) in [6.45, 7) is 0. The first-order chi connectivity index (χ1) is 1.73. The summed E-state index contributed by atoms with van der Waals surface area (Å²) in [4.78, 5) is 0. The molecule has 0 radical (unpaired) electrons. The summed E-state index contributed by atoms with van der Waals surface area (Å²) in [7, 11) is 14.8. The molecule has 0 unspecified atom stereocenters. The van der Waals surface area contributed by atoms with Crippen molar-refractivity contribution in [2.24, 2.45) is 0 Å². The average molecular weight is 157 g/mol. The van der Waals surface area contributed by atoms with E-state index in [2.05, 4.69) is 0 Å². The maximum atomic E-state index is 4.94. The van der Waals surface area contributed by atoms with Gasteiger partial charge in [0.05, 0.1) is 0 Å². The molecule has 0 rings (SSSR count). The van der Waals surface area contributed by atoms with Crippen LogP contribution in [0, 0.1) is 0 Å². The van der Waals surface area contributed by atoms with Gasteiger partial charge in [0.2, 0.25) is 0 Å². The van der Waals surface area contributed by atoms with E-state index in [4.69, 9.17) is 30.1 Å². The molecule has 0 aliphatic carbocycles. The molecule has 0 saturated carbocycles. The van der Waals surface area contributed by atoms with Gasteiger partial charge in [0.1, 0.15) is 0 Å². The Morgan fingerprint density at radius 3 is 1.00 bits per heavy atom. The molecule has 0 aromatic heterocycles. The zero-order valence-corrected chi connectivity index (χ0v) is 5.13. The van der Waals surface area contributed by atoms with E-state index in [1.54, 1.807) is 0 Å². The SMILES string of the molecule is [Cl][Al]([Cl])[Cl].[NaH]. The van der Waals surface area contributed by atoms with Gasteiger partial charge in [-0.3, -0.25) is 0 Å². The Kier molecular flexibility index (Phi) is 13.3. The fourth-order valence-electron chi connectivity index (χ4n) is 0. The Labute approximate surface area is 70.1 Å². The van der Waals surface area contributed by atoms with E-state index >= 15 is 0 Å². The van der Waals surface area contributed by atoms with Gasteiger partial charge in [0.15, 0.2) is 0 Å². The van der Waals surface area contributed by atoms with Gasteiger partial charge in [-0.1, -0.05) is 0 Å². The van der Waals surface area contributed by atoms with Crippen LogP contribution in [0.1, 0.15) is 0 Å². The van der Waals surface area contributed by atoms with Gasteiger partial charge in [-0.15, -0.1) is 0 Å². The summed E-state index contributed by atoms with van der Waals surface area (Å²) in [5, 5.41) is 0.